The number of hydrogen-bond acceptors (Lipinski definition) is 2. The van der Waals surface area contributed by atoms with Gasteiger partial charge in [0.1, 0.15) is 5.60 Å². The van der Waals surface area contributed by atoms with Crippen molar-refractivity contribution in [2.75, 3.05) is 18.0 Å². The molecule has 0 radical (unpaired) electrons. The molecule has 0 spiro atoms. The zero-order chi connectivity index (χ0) is 19.2. The van der Waals surface area contributed by atoms with E-state index in [4.69, 9.17) is 0 Å². The van der Waals surface area contributed by atoms with Crippen molar-refractivity contribution >= 4 is 5.69 Å². The molecule has 0 aliphatic heterocycles. The highest BCUT2D eigenvalue weighted by molar-refractivity contribution is 5.55. The molecule has 1 atom stereocenters. The highest BCUT2D eigenvalue weighted by atomic mass is 19.3. The number of para-hydroxylation sites is 1. The molecule has 0 fully saturated rings. The Kier molecular flexibility index (Phi) is 6.92. The molecule has 0 saturated heterocycles. The SMILES string of the molecule is C=C(C)CC(O)(CN(CC1=CC=CCC=C1)c1ccccc1C)C(F)F. The first-order chi connectivity index (χ1) is 12.3. The number of allylic oxidation sites excluding steroid dienone is 4. The van der Waals surface area contributed by atoms with Crippen molar-refractivity contribution < 1.29 is 13.9 Å². The molecule has 26 heavy (non-hydrogen) atoms. The first-order valence-corrected chi connectivity index (χ1v) is 8.79. The molecule has 1 N–H and O–H groups in total. The summed E-state index contributed by atoms with van der Waals surface area (Å²) in [5.74, 6) is 0. The van der Waals surface area contributed by atoms with E-state index in [2.05, 4.69) is 6.58 Å². The largest absolute Gasteiger partial charge is 0.382 e. The zero-order valence-electron chi connectivity index (χ0n) is 15.5. The number of aryl methyl sites for hydroxylation is 1. The van der Waals surface area contributed by atoms with Gasteiger partial charge in [0.25, 0.3) is 6.43 Å². The predicted molar refractivity (Wildman–Crippen MR) is 105 cm³/mol. The van der Waals surface area contributed by atoms with Crippen LogP contribution < -0.4 is 4.90 Å². The fourth-order valence-corrected chi connectivity index (χ4v) is 3.15. The number of alkyl halides is 2. The lowest BCUT2D eigenvalue weighted by Gasteiger charge is -2.36. The van der Waals surface area contributed by atoms with E-state index in [0.717, 1.165) is 23.2 Å². The monoisotopic (exact) mass is 359 g/mol. The minimum Gasteiger partial charge on any atom is -0.382 e. The van der Waals surface area contributed by atoms with Gasteiger partial charge in [0.2, 0.25) is 0 Å². The van der Waals surface area contributed by atoms with E-state index in [1.165, 1.54) is 0 Å². The van der Waals surface area contributed by atoms with Crippen LogP contribution in [0.2, 0.25) is 0 Å². The van der Waals surface area contributed by atoms with Crippen LogP contribution in [0, 0.1) is 6.92 Å². The van der Waals surface area contributed by atoms with Gasteiger partial charge < -0.3 is 10.0 Å². The standard InChI is InChI=1S/C22H27F2NO/c1-17(2)14-22(26,21(23)24)16-25(20-13-9-8-10-18(20)3)15-19-11-6-4-5-7-12-19/h4,6-13,21,26H,1,5,14-16H2,2-3H3. The molecule has 2 nitrogen and oxygen atoms in total. The normalized spacial score (nSPS) is 16.2. The Hall–Kier alpha value is -2.20. The van der Waals surface area contributed by atoms with E-state index in [9.17, 15) is 13.9 Å². The van der Waals surface area contributed by atoms with Crippen LogP contribution in [0.3, 0.4) is 0 Å². The van der Waals surface area contributed by atoms with E-state index < -0.39 is 12.0 Å². The van der Waals surface area contributed by atoms with Crippen LogP contribution in [0.1, 0.15) is 25.3 Å². The van der Waals surface area contributed by atoms with Gasteiger partial charge >= 0.3 is 0 Å². The van der Waals surface area contributed by atoms with Crippen molar-refractivity contribution in [3.8, 4) is 0 Å². The highest BCUT2D eigenvalue weighted by Crippen LogP contribution is 2.29. The van der Waals surface area contributed by atoms with Crippen LogP contribution in [0.25, 0.3) is 0 Å². The second kappa shape index (κ2) is 8.95. The first kappa shape index (κ1) is 20.1. The summed E-state index contributed by atoms with van der Waals surface area (Å²) in [5.41, 5.74) is 1.23. The molecular weight excluding hydrogens is 332 g/mol. The Morgan fingerprint density at radius 2 is 2.04 bits per heavy atom. The van der Waals surface area contributed by atoms with E-state index in [1.54, 1.807) is 6.92 Å². The van der Waals surface area contributed by atoms with Crippen LogP contribution in [0.15, 0.2) is 72.4 Å². The third-order valence-corrected chi connectivity index (χ3v) is 4.36. The average Bonchev–Trinajstić information content (AvgIpc) is 2.82. The summed E-state index contributed by atoms with van der Waals surface area (Å²) in [5, 5.41) is 10.7. The van der Waals surface area contributed by atoms with E-state index in [1.807, 2.05) is 66.5 Å². The van der Waals surface area contributed by atoms with Gasteiger partial charge in [-0.2, -0.15) is 0 Å². The third kappa shape index (κ3) is 5.40. The number of anilines is 1. The lowest BCUT2D eigenvalue weighted by molar-refractivity contribution is -0.0890. The van der Waals surface area contributed by atoms with Gasteiger partial charge in [-0.3, -0.25) is 0 Å². The zero-order valence-corrected chi connectivity index (χ0v) is 15.5. The first-order valence-electron chi connectivity index (χ1n) is 8.79. The summed E-state index contributed by atoms with van der Waals surface area (Å²) < 4.78 is 27.4. The molecule has 140 valence electrons. The van der Waals surface area contributed by atoms with Gasteiger partial charge in [0.15, 0.2) is 0 Å². The number of halogens is 2. The molecule has 0 aromatic heterocycles. The number of hydrogen-bond donors (Lipinski definition) is 1. The fourth-order valence-electron chi connectivity index (χ4n) is 3.15. The summed E-state index contributed by atoms with van der Waals surface area (Å²) in [6.07, 6.45) is 7.89. The second-order valence-electron chi connectivity index (χ2n) is 6.99. The maximum absolute atomic E-state index is 13.7. The van der Waals surface area contributed by atoms with Gasteiger partial charge in [0, 0.05) is 18.7 Å². The van der Waals surface area contributed by atoms with Crippen LogP contribution in [-0.2, 0) is 0 Å². The van der Waals surface area contributed by atoms with Gasteiger partial charge in [0.05, 0.1) is 6.54 Å². The molecule has 1 aliphatic carbocycles. The molecule has 4 heteroatoms. The lowest BCUT2D eigenvalue weighted by Crippen LogP contribution is -2.49. The van der Waals surface area contributed by atoms with Crippen molar-refractivity contribution in [3.63, 3.8) is 0 Å². The van der Waals surface area contributed by atoms with Crippen molar-refractivity contribution in [2.24, 2.45) is 0 Å². The summed E-state index contributed by atoms with van der Waals surface area (Å²) in [7, 11) is 0. The Bertz CT molecular complexity index is 721. The van der Waals surface area contributed by atoms with E-state index in [-0.39, 0.29) is 13.0 Å². The molecule has 0 bridgehead atoms. The van der Waals surface area contributed by atoms with Gasteiger partial charge in [-0.25, -0.2) is 8.78 Å². The minimum absolute atomic E-state index is 0.137. The number of rotatable bonds is 8. The quantitative estimate of drug-likeness (QED) is 0.644. The molecular formula is C22H27F2NO. The van der Waals surface area contributed by atoms with Crippen molar-refractivity contribution in [1.29, 1.82) is 0 Å². The third-order valence-electron chi connectivity index (χ3n) is 4.36. The second-order valence-corrected chi connectivity index (χ2v) is 6.99. The summed E-state index contributed by atoms with van der Waals surface area (Å²) in [6, 6.07) is 7.64. The Balaban J connectivity index is 2.36. The van der Waals surface area contributed by atoms with Gasteiger partial charge in [-0.15, -0.1) is 6.58 Å². The molecule has 0 saturated carbocycles. The van der Waals surface area contributed by atoms with Crippen molar-refractivity contribution in [1.82, 2.24) is 0 Å². The molecule has 1 aromatic rings. The van der Waals surface area contributed by atoms with Crippen molar-refractivity contribution in [2.45, 2.75) is 38.7 Å². The molecule has 1 aliphatic rings. The number of benzene rings is 1. The Labute approximate surface area is 154 Å². The molecule has 0 heterocycles. The summed E-state index contributed by atoms with van der Waals surface area (Å²) in [4.78, 5) is 1.83. The average molecular weight is 359 g/mol. The van der Waals surface area contributed by atoms with Crippen LogP contribution >= 0.6 is 0 Å². The topological polar surface area (TPSA) is 23.5 Å². The Morgan fingerprint density at radius 3 is 2.69 bits per heavy atom. The number of aliphatic hydroxyl groups is 1. The summed E-state index contributed by atoms with van der Waals surface area (Å²) in [6.45, 7) is 7.58. The molecule has 1 aromatic carbocycles. The number of nitrogens with zero attached hydrogens (tertiary/aromatic N) is 1. The molecule has 1 unspecified atom stereocenters. The van der Waals surface area contributed by atoms with E-state index in [0.29, 0.717) is 12.1 Å². The summed E-state index contributed by atoms with van der Waals surface area (Å²) >= 11 is 0. The lowest BCUT2D eigenvalue weighted by atomic mass is 9.94. The minimum atomic E-state index is -2.86. The molecule has 2 rings (SSSR count). The van der Waals surface area contributed by atoms with Crippen LogP contribution in [0.5, 0.6) is 0 Å². The predicted octanol–water partition coefficient (Wildman–Crippen LogP) is 5.21. The highest BCUT2D eigenvalue weighted by Gasteiger charge is 2.39. The van der Waals surface area contributed by atoms with Crippen LogP contribution in [-0.4, -0.2) is 30.2 Å². The fraction of sp³-hybridized carbons (Fsp3) is 0.364. The van der Waals surface area contributed by atoms with Gasteiger partial charge in [-0.1, -0.05) is 54.2 Å². The molecule has 0 amide bonds. The Morgan fingerprint density at radius 1 is 1.31 bits per heavy atom. The maximum Gasteiger partial charge on any atom is 0.268 e. The maximum atomic E-state index is 13.7. The smallest absolute Gasteiger partial charge is 0.268 e. The van der Waals surface area contributed by atoms with Crippen LogP contribution in [0.4, 0.5) is 14.5 Å². The van der Waals surface area contributed by atoms with Gasteiger partial charge in [-0.05, 0) is 37.5 Å². The van der Waals surface area contributed by atoms with E-state index >= 15 is 0 Å². The van der Waals surface area contributed by atoms with Crippen molar-refractivity contribution in [3.05, 3.63) is 77.9 Å².